The summed E-state index contributed by atoms with van der Waals surface area (Å²) in [6.45, 7) is 9.08. The third-order valence-electron chi connectivity index (χ3n) is 4.22. The van der Waals surface area contributed by atoms with Gasteiger partial charge >= 0.3 is 0 Å². The van der Waals surface area contributed by atoms with Crippen LogP contribution < -0.4 is 0 Å². The molecule has 0 saturated carbocycles. The van der Waals surface area contributed by atoms with Gasteiger partial charge in [0.15, 0.2) is 0 Å². The molecular formula is C17H21N3O2. The highest BCUT2D eigenvalue weighted by Crippen LogP contribution is 2.20. The molecule has 1 aliphatic heterocycles. The van der Waals surface area contributed by atoms with E-state index in [2.05, 4.69) is 9.97 Å². The normalized spacial score (nSPS) is 22.1. The summed E-state index contributed by atoms with van der Waals surface area (Å²) < 4.78 is 5.49. The first kappa shape index (κ1) is 14.9. The zero-order chi connectivity index (χ0) is 15.9. The molecule has 1 aliphatic rings. The Morgan fingerprint density at radius 2 is 1.68 bits per heavy atom. The number of aromatic nitrogens is 2. The van der Waals surface area contributed by atoms with Crippen LogP contribution in [0.1, 0.15) is 35.6 Å². The molecule has 0 bridgehead atoms. The molecule has 0 N–H and O–H groups in total. The van der Waals surface area contributed by atoms with Gasteiger partial charge in [-0.2, -0.15) is 0 Å². The summed E-state index contributed by atoms with van der Waals surface area (Å²) in [4.78, 5) is 23.8. The van der Waals surface area contributed by atoms with Gasteiger partial charge in [-0.05, 0) is 45.9 Å². The molecule has 5 nitrogen and oxygen atoms in total. The van der Waals surface area contributed by atoms with Crippen LogP contribution in [0.25, 0.3) is 11.0 Å². The van der Waals surface area contributed by atoms with Crippen molar-refractivity contribution in [3.63, 3.8) is 0 Å². The van der Waals surface area contributed by atoms with E-state index in [0.717, 1.165) is 22.4 Å². The maximum absolute atomic E-state index is 12.8. The van der Waals surface area contributed by atoms with Crippen LogP contribution in [-0.2, 0) is 4.74 Å². The van der Waals surface area contributed by atoms with E-state index in [4.69, 9.17) is 4.74 Å². The van der Waals surface area contributed by atoms with Crippen LogP contribution >= 0.6 is 0 Å². The second kappa shape index (κ2) is 5.65. The number of benzene rings is 1. The smallest absolute Gasteiger partial charge is 0.254 e. The van der Waals surface area contributed by atoms with Crippen LogP contribution in [0.3, 0.4) is 0 Å². The lowest BCUT2D eigenvalue weighted by molar-refractivity contribution is -0.0249. The number of rotatable bonds is 1. The van der Waals surface area contributed by atoms with Gasteiger partial charge in [-0.1, -0.05) is 0 Å². The molecule has 1 fully saturated rings. The van der Waals surface area contributed by atoms with Crippen molar-refractivity contribution in [2.75, 3.05) is 13.2 Å². The van der Waals surface area contributed by atoms with Gasteiger partial charge in [0.25, 0.3) is 5.91 Å². The molecule has 1 aromatic carbocycles. The molecule has 2 unspecified atom stereocenters. The highest BCUT2D eigenvalue weighted by atomic mass is 16.5. The first-order valence-electron chi connectivity index (χ1n) is 7.63. The SMILES string of the molecule is Cc1nc2ccc(C(=O)N3C(C)COCC3C)cc2nc1C. The van der Waals surface area contributed by atoms with Crippen molar-refractivity contribution in [2.45, 2.75) is 39.8 Å². The minimum Gasteiger partial charge on any atom is -0.377 e. The van der Waals surface area contributed by atoms with E-state index in [0.29, 0.717) is 18.8 Å². The summed E-state index contributed by atoms with van der Waals surface area (Å²) in [6.07, 6.45) is 0. The predicted molar refractivity (Wildman–Crippen MR) is 84.9 cm³/mol. The van der Waals surface area contributed by atoms with Gasteiger partial charge < -0.3 is 9.64 Å². The first-order valence-corrected chi connectivity index (χ1v) is 7.63. The quantitative estimate of drug-likeness (QED) is 0.812. The Balaban J connectivity index is 1.98. The topological polar surface area (TPSA) is 55.3 Å². The maximum Gasteiger partial charge on any atom is 0.254 e. The number of aryl methyl sites for hydroxylation is 2. The van der Waals surface area contributed by atoms with Crippen molar-refractivity contribution in [2.24, 2.45) is 0 Å². The van der Waals surface area contributed by atoms with Crippen molar-refractivity contribution < 1.29 is 9.53 Å². The fraction of sp³-hybridized carbons (Fsp3) is 0.471. The van der Waals surface area contributed by atoms with Gasteiger partial charge in [0.1, 0.15) is 0 Å². The molecule has 0 radical (unpaired) electrons. The molecule has 22 heavy (non-hydrogen) atoms. The molecule has 5 heteroatoms. The van der Waals surface area contributed by atoms with Crippen molar-refractivity contribution in [3.8, 4) is 0 Å². The number of morpholine rings is 1. The summed E-state index contributed by atoms with van der Waals surface area (Å²) in [6, 6.07) is 5.71. The van der Waals surface area contributed by atoms with E-state index < -0.39 is 0 Å². The lowest BCUT2D eigenvalue weighted by Crippen LogP contribution is -2.52. The summed E-state index contributed by atoms with van der Waals surface area (Å²) in [5.74, 6) is 0.0326. The third kappa shape index (κ3) is 2.57. The largest absolute Gasteiger partial charge is 0.377 e. The Labute approximate surface area is 130 Å². The summed E-state index contributed by atoms with van der Waals surface area (Å²) >= 11 is 0. The molecule has 0 spiro atoms. The van der Waals surface area contributed by atoms with Crippen molar-refractivity contribution >= 4 is 16.9 Å². The molecule has 2 aromatic rings. The minimum absolute atomic E-state index is 0.0326. The second-order valence-corrected chi connectivity index (χ2v) is 6.05. The number of hydrogen-bond donors (Lipinski definition) is 0. The molecule has 0 aliphatic carbocycles. The molecule has 116 valence electrons. The van der Waals surface area contributed by atoms with Crippen LogP contribution in [0, 0.1) is 13.8 Å². The standard InChI is InChI=1S/C17H21N3O2/c1-10-8-22-9-11(2)20(10)17(21)14-5-6-15-16(7-14)19-13(4)12(3)18-15/h5-7,10-11H,8-9H2,1-4H3. The van der Waals surface area contributed by atoms with Gasteiger partial charge in [-0.3, -0.25) is 4.79 Å². The van der Waals surface area contributed by atoms with E-state index in [1.54, 1.807) is 0 Å². The highest BCUT2D eigenvalue weighted by Gasteiger charge is 2.30. The van der Waals surface area contributed by atoms with Crippen LogP contribution in [0.5, 0.6) is 0 Å². The minimum atomic E-state index is 0.0326. The lowest BCUT2D eigenvalue weighted by atomic mass is 10.1. The Morgan fingerprint density at radius 3 is 2.32 bits per heavy atom. The highest BCUT2D eigenvalue weighted by molar-refractivity contribution is 5.97. The molecular weight excluding hydrogens is 278 g/mol. The van der Waals surface area contributed by atoms with Gasteiger partial charge in [0.05, 0.1) is 47.7 Å². The van der Waals surface area contributed by atoms with Crippen molar-refractivity contribution in [1.82, 2.24) is 14.9 Å². The number of ether oxygens (including phenoxy) is 1. The van der Waals surface area contributed by atoms with Crippen LogP contribution in [0.2, 0.25) is 0 Å². The van der Waals surface area contributed by atoms with E-state index in [1.807, 2.05) is 50.8 Å². The van der Waals surface area contributed by atoms with E-state index >= 15 is 0 Å². The van der Waals surface area contributed by atoms with Gasteiger partial charge in [0.2, 0.25) is 0 Å². The average molecular weight is 299 g/mol. The number of nitrogens with zero attached hydrogens (tertiary/aromatic N) is 3. The molecule has 1 amide bonds. The zero-order valence-corrected chi connectivity index (χ0v) is 13.5. The zero-order valence-electron chi connectivity index (χ0n) is 13.5. The lowest BCUT2D eigenvalue weighted by Gasteiger charge is -2.38. The van der Waals surface area contributed by atoms with E-state index in [1.165, 1.54) is 0 Å². The van der Waals surface area contributed by atoms with Crippen LogP contribution in [0.4, 0.5) is 0 Å². The third-order valence-corrected chi connectivity index (χ3v) is 4.22. The van der Waals surface area contributed by atoms with Gasteiger partial charge in [0, 0.05) is 5.56 Å². The molecule has 3 rings (SSSR count). The average Bonchev–Trinajstić information content (AvgIpc) is 2.47. The number of hydrogen-bond acceptors (Lipinski definition) is 4. The van der Waals surface area contributed by atoms with E-state index in [9.17, 15) is 4.79 Å². The molecule has 2 atom stereocenters. The molecule has 2 heterocycles. The summed E-state index contributed by atoms with van der Waals surface area (Å²) in [5.41, 5.74) is 4.06. The monoisotopic (exact) mass is 299 g/mol. The number of fused-ring (bicyclic) bond motifs is 1. The van der Waals surface area contributed by atoms with Crippen molar-refractivity contribution in [3.05, 3.63) is 35.2 Å². The van der Waals surface area contributed by atoms with Crippen LogP contribution in [-0.4, -0.2) is 46.1 Å². The predicted octanol–water partition coefficient (Wildman–Crippen LogP) is 2.50. The Bertz CT molecular complexity index is 719. The fourth-order valence-corrected chi connectivity index (χ4v) is 2.92. The summed E-state index contributed by atoms with van der Waals surface area (Å²) in [7, 11) is 0. The second-order valence-electron chi connectivity index (χ2n) is 6.05. The number of carbonyl (C=O) groups is 1. The Kier molecular flexibility index (Phi) is 3.83. The number of carbonyl (C=O) groups excluding carboxylic acids is 1. The number of amides is 1. The van der Waals surface area contributed by atoms with Crippen LogP contribution in [0.15, 0.2) is 18.2 Å². The summed E-state index contributed by atoms with van der Waals surface area (Å²) in [5, 5.41) is 0. The molecule has 1 saturated heterocycles. The first-order chi connectivity index (χ1) is 10.5. The van der Waals surface area contributed by atoms with Crippen molar-refractivity contribution in [1.29, 1.82) is 0 Å². The Morgan fingerprint density at radius 1 is 1.09 bits per heavy atom. The Hall–Kier alpha value is -2.01. The fourth-order valence-electron chi connectivity index (χ4n) is 2.92. The van der Waals surface area contributed by atoms with Gasteiger partial charge in [-0.25, -0.2) is 9.97 Å². The maximum atomic E-state index is 12.8. The van der Waals surface area contributed by atoms with E-state index in [-0.39, 0.29) is 18.0 Å². The van der Waals surface area contributed by atoms with Gasteiger partial charge in [-0.15, -0.1) is 0 Å². The molecule has 1 aromatic heterocycles.